The monoisotopic (exact) mass is 254 g/mol. The van der Waals surface area contributed by atoms with Crippen molar-refractivity contribution in [3.05, 3.63) is 41.1 Å². The third-order valence-electron chi connectivity index (χ3n) is 2.93. The average Bonchev–Trinajstić information content (AvgIpc) is 2.42. The van der Waals surface area contributed by atoms with Gasteiger partial charge in [-0.2, -0.15) is 10.4 Å². The maximum absolute atomic E-state index is 9.27. The number of aromatic nitrogens is 4. The molecule has 2 aromatic heterocycles. The summed E-state index contributed by atoms with van der Waals surface area (Å²) in [5.41, 5.74) is 3.00. The lowest BCUT2D eigenvalue weighted by atomic mass is 10.1. The molecular formula is C13H14N6. The first kappa shape index (κ1) is 12.9. The predicted molar refractivity (Wildman–Crippen MR) is 70.4 cm³/mol. The molecule has 19 heavy (non-hydrogen) atoms. The lowest BCUT2D eigenvalue weighted by molar-refractivity contribution is 0.822. The van der Waals surface area contributed by atoms with Crippen LogP contribution in [0.5, 0.6) is 0 Å². The summed E-state index contributed by atoms with van der Waals surface area (Å²) in [6.07, 6.45) is 4.96. The van der Waals surface area contributed by atoms with Gasteiger partial charge in [-0.1, -0.05) is 0 Å². The molecule has 0 saturated heterocycles. The van der Waals surface area contributed by atoms with E-state index in [1.54, 1.807) is 18.6 Å². The molecule has 0 aliphatic carbocycles. The zero-order chi connectivity index (χ0) is 13.8. The summed E-state index contributed by atoms with van der Waals surface area (Å²) in [5.74, 6) is 0.566. The van der Waals surface area contributed by atoms with Crippen molar-refractivity contribution >= 4 is 5.82 Å². The van der Waals surface area contributed by atoms with E-state index in [1.807, 2.05) is 25.8 Å². The Balaban J connectivity index is 2.32. The Morgan fingerprint density at radius 1 is 1.26 bits per heavy atom. The fourth-order valence-electron chi connectivity index (χ4n) is 1.73. The predicted octanol–water partition coefficient (Wildman–Crippen LogP) is 1.39. The Morgan fingerprint density at radius 2 is 2.05 bits per heavy atom. The van der Waals surface area contributed by atoms with Crippen LogP contribution in [0.3, 0.4) is 0 Å². The topological polar surface area (TPSA) is 78.6 Å². The second-order valence-corrected chi connectivity index (χ2v) is 4.27. The molecule has 0 bridgehead atoms. The van der Waals surface area contributed by atoms with Gasteiger partial charge in [0.1, 0.15) is 11.6 Å². The van der Waals surface area contributed by atoms with Crippen molar-refractivity contribution < 1.29 is 0 Å². The quantitative estimate of drug-likeness (QED) is 0.823. The molecule has 2 heterocycles. The van der Waals surface area contributed by atoms with Crippen LogP contribution in [0.2, 0.25) is 0 Å². The van der Waals surface area contributed by atoms with Crippen molar-refractivity contribution in [2.75, 3.05) is 11.9 Å². The van der Waals surface area contributed by atoms with Gasteiger partial charge < -0.3 is 4.90 Å². The van der Waals surface area contributed by atoms with Crippen LogP contribution in [-0.2, 0) is 6.54 Å². The van der Waals surface area contributed by atoms with E-state index in [4.69, 9.17) is 0 Å². The number of rotatable bonds is 3. The smallest absolute Gasteiger partial charge is 0.169 e. The van der Waals surface area contributed by atoms with Gasteiger partial charge in [0.05, 0.1) is 24.1 Å². The van der Waals surface area contributed by atoms with Gasteiger partial charge in [-0.3, -0.25) is 9.97 Å². The molecule has 0 amide bonds. The van der Waals surface area contributed by atoms with Gasteiger partial charge in [-0.15, -0.1) is 5.10 Å². The van der Waals surface area contributed by atoms with Crippen LogP contribution < -0.4 is 4.90 Å². The summed E-state index contributed by atoms with van der Waals surface area (Å²) >= 11 is 0. The highest BCUT2D eigenvalue weighted by molar-refractivity contribution is 5.57. The molecule has 6 heteroatoms. The van der Waals surface area contributed by atoms with E-state index in [-0.39, 0.29) is 0 Å². The third kappa shape index (κ3) is 2.65. The van der Waals surface area contributed by atoms with Crippen LogP contribution >= 0.6 is 0 Å². The molecule has 0 atom stereocenters. The van der Waals surface area contributed by atoms with E-state index in [2.05, 4.69) is 26.2 Å². The number of nitrogens with zero attached hydrogens (tertiary/aromatic N) is 6. The summed E-state index contributed by atoms with van der Waals surface area (Å²) in [7, 11) is 1.86. The van der Waals surface area contributed by atoms with Crippen molar-refractivity contribution in [3.8, 4) is 6.07 Å². The van der Waals surface area contributed by atoms with E-state index in [0.29, 0.717) is 17.9 Å². The van der Waals surface area contributed by atoms with Crippen LogP contribution in [0.4, 0.5) is 5.82 Å². The number of hydrogen-bond donors (Lipinski definition) is 0. The third-order valence-corrected chi connectivity index (χ3v) is 2.93. The Bertz CT molecular complexity index is 617. The lowest BCUT2D eigenvalue weighted by Crippen LogP contribution is -2.21. The van der Waals surface area contributed by atoms with Crippen molar-refractivity contribution in [1.82, 2.24) is 20.2 Å². The molecule has 0 fully saturated rings. The van der Waals surface area contributed by atoms with Crippen LogP contribution in [0.1, 0.15) is 22.5 Å². The van der Waals surface area contributed by atoms with Crippen molar-refractivity contribution in [3.63, 3.8) is 0 Å². The first-order valence-corrected chi connectivity index (χ1v) is 5.83. The van der Waals surface area contributed by atoms with Crippen molar-refractivity contribution in [2.45, 2.75) is 20.4 Å². The Morgan fingerprint density at radius 3 is 2.68 bits per heavy atom. The lowest BCUT2D eigenvalue weighted by Gasteiger charge is -2.19. The number of aryl methyl sites for hydroxylation is 1. The molecule has 6 nitrogen and oxygen atoms in total. The normalized spacial score (nSPS) is 10.0. The first-order chi connectivity index (χ1) is 9.13. The zero-order valence-corrected chi connectivity index (χ0v) is 11.1. The minimum atomic E-state index is 0.527. The highest BCUT2D eigenvalue weighted by Gasteiger charge is 2.15. The molecule has 0 spiro atoms. The Kier molecular flexibility index (Phi) is 3.66. The van der Waals surface area contributed by atoms with Crippen molar-refractivity contribution in [1.29, 1.82) is 5.26 Å². The molecule has 0 aromatic carbocycles. The molecule has 0 saturated carbocycles. The molecule has 0 unspecified atom stereocenters. The minimum absolute atomic E-state index is 0.527. The number of hydrogen-bond acceptors (Lipinski definition) is 6. The highest BCUT2D eigenvalue weighted by atomic mass is 15.3. The maximum atomic E-state index is 9.27. The second kappa shape index (κ2) is 5.40. The standard InChI is InChI=1S/C13H14N6/c1-9-10(2)17-18-13(12(9)6-14)19(3)8-11-7-15-4-5-16-11/h4-5,7H,8H2,1-3H3. The summed E-state index contributed by atoms with van der Waals surface area (Å²) in [5, 5.41) is 17.4. The van der Waals surface area contributed by atoms with Crippen LogP contribution in [0, 0.1) is 25.2 Å². The fourth-order valence-corrected chi connectivity index (χ4v) is 1.73. The number of anilines is 1. The molecule has 2 rings (SSSR count). The van der Waals surface area contributed by atoms with Crippen LogP contribution in [-0.4, -0.2) is 27.2 Å². The molecule has 0 radical (unpaired) electrons. The van der Waals surface area contributed by atoms with Gasteiger partial charge in [-0.25, -0.2) is 0 Å². The molecular weight excluding hydrogens is 240 g/mol. The molecule has 0 aliphatic heterocycles. The average molecular weight is 254 g/mol. The first-order valence-electron chi connectivity index (χ1n) is 5.83. The van der Waals surface area contributed by atoms with E-state index in [1.165, 1.54) is 0 Å². The second-order valence-electron chi connectivity index (χ2n) is 4.27. The van der Waals surface area contributed by atoms with E-state index < -0.39 is 0 Å². The van der Waals surface area contributed by atoms with Gasteiger partial charge in [0.25, 0.3) is 0 Å². The molecule has 96 valence electrons. The fraction of sp³-hybridized carbons (Fsp3) is 0.308. The summed E-state index contributed by atoms with van der Waals surface area (Å²) in [4.78, 5) is 10.1. The molecule has 2 aromatic rings. The summed E-state index contributed by atoms with van der Waals surface area (Å²) < 4.78 is 0. The van der Waals surface area contributed by atoms with Gasteiger partial charge in [0.15, 0.2) is 5.82 Å². The van der Waals surface area contributed by atoms with E-state index in [0.717, 1.165) is 17.0 Å². The van der Waals surface area contributed by atoms with Crippen molar-refractivity contribution in [2.24, 2.45) is 0 Å². The maximum Gasteiger partial charge on any atom is 0.169 e. The summed E-state index contributed by atoms with van der Waals surface area (Å²) in [6, 6.07) is 2.19. The van der Waals surface area contributed by atoms with E-state index >= 15 is 0 Å². The van der Waals surface area contributed by atoms with Crippen LogP contribution in [0.15, 0.2) is 18.6 Å². The minimum Gasteiger partial charge on any atom is -0.351 e. The molecule has 0 N–H and O–H groups in total. The van der Waals surface area contributed by atoms with E-state index in [9.17, 15) is 5.26 Å². The largest absolute Gasteiger partial charge is 0.351 e. The zero-order valence-electron chi connectivity index (χ0n) is 11.1. The van der Waals surface area contributed by atoms with Gasteiger partial charge in [0.2, 0.25) is 0 Å². The van der Waals surface area contributed by atoms with Crippen LogP contribution in [0.25, 0.3) is 0 Å². The Hall–Kier alpha value is -2.55. The van der Waals surface area contributed by atoms with Gasteiger partial charge >= 0.3 is 0 Å². The number of nitriles is 1. The summed E-state index contributed by atoms with van der Waals surface area (Å²) in [6.45, 7) is 4.25. The molecule has 0 aliphatic rings. The van der Waals surface area contributed by atoms with Gasteiger partial charge in [-0.05, 0) is 19.4 Å². The highest BCUT2D eigenvalue weighted by Crippen LogP contribution is 2.21. The Labute approximate surface area is 111 Å². The SMILES string of the molecule is Cc1nnc(N(C)Cc2cnccn2)c(C#N)c1C. The van der Waals surface area contributed by atoms with Gasteiger partial charge in [0, 0.05) is 19.4 Å².